The molecule has 0 radical (unpaired) electrons. The van der Waals surface area contributed by atoms with Gasteiger partial charge in [-0.15, -0.1) is 0 Å². The zero-order valence-electron chi connectivity index (χ0n) is 10.5. The van der Waals surface area contributed by atoms with Crippen LogP contribution in [-0.2, 0) is 6.42 Å². The van der Waals surface area contributed by atoms with Crippen LogP contribution in [0.2, 0.25) is 0 Å². The fourth-order valence-corrected chi connectivity index (χ4v) is 3.61. The third-order valence-electron chi connectivity index (χ3n) is 3.55. The lowest BCUT2D eigenvalue weighted by molar-refractivity contribution is -0.0575. The second-order valence-electron chi connectivity index (χ2n) is 6.39. The molecule has 16 heavy (non-hydrogen) atoms. The Morgan fingerprint density at radius 1 is 1.44 bits per heavy atom. The summed E-state index contributed by atoms with van der Waals surface area (Å²) in [5, 5.41) is 10.7. The molecule has 1 aromatic heterocycles. The van der Waals surface area contributed by atoms with Gasteiger partial charge in [0.15, 0.2) is 0 Å². The molecule has 0 spiro atoms. The summed E-state index contributed by atoms with van der Waals surface area (Å²) in [4.78, 5) is 0. The van der Waals surface area contributed by atoms with Crippen LogP contribution in [0.5, 0.6) is 0 Å². The van der Waals surface area contributed by atoms with Crippen LogP contribution in [0.25, 0.3) is 0 Å². The van der Waals surface area contributed by atoms with Crippen LogP contribution >= 0.6 is 0 Å². The molecule has 90 valence electrons. The monoisotopic (exact) mass is 222 g/mol. The van der Waals surface area contributed by atoms with Crippen molar-refractivity contribution in [3.63, 3.8) is 0 Å². The number of rotatable bonds is 2. The van der Waals surface area contributed by atoms with Gasteiger partial charge in [-0.1, -0.05) is 20.8 Å². The first-order chi connectivity index (χ1) is 7.39. The van der Waals surface area contributed by atoms with E-state index in [0.29, 0.717) is 5.92 Å². The molecule has 1 aliphatic rings. The molecule has 1 aromatic rings. The molecule has 0 bridgehead atoms. The molecule has 2 heteroatoms. The Labute approximate surface area is 97.7 Å². The summed E-state index contributed by atoms with van der Waals surface area (Å²) in [5.41, 5.74) is 0.800. The number of aliphatic hydroxyl groups is 1. The van der Waals surface area contributed by atoms with E-state index in [-0.39, 0.29) is 5.41 Å². The van der Waals surface area contributed by atoms with Crippen molar-refractivity contribution in [1.29, 1.82) is 0 Å². The third kappa shape index (κ3) is 2.67. The van der Waals surface area contributed by atoms with Crippen molar-refractivity contribution in [2.45, 2.75) is 52.1 Å². The minimum absolute atomic E-state index is 0.246. The van der Waals surface area contributed by atoms with Gasteiger partial charge in [0.1, 0.15) is 0 Å². The Balaban J connectivity index is 2.11. The Bertz CT molecular complexity index is 340. The van der Waals surface area contributed by atoms with E-state index >= 15 is 0 Å². The number of furan rings is 1. The highest BCUT2D eigenvalue weighted by molar-refractivity contribution is 5.11. The standard InChI is InChI=1S/C14H22O2/c1-11-6-13(2,3)10-14(15,7-11)8-12-4-5-16-9-12/h4-5,9,11,15H,6-8,10H2,1-3H3. The lowest BCUT2D eigenvalue weighted by Gasteiger charge is -2.44. The summed E-state index contributed by atoms with van der Waals surface area (Å²) in [6.07, 6.45) is 7.13. The molecule has 2 atom stereocenters. The highest BCUT2D eigenvalue weighted by Crippen LogP contribution is 2.45. The first-order valence-corrected chi connectivity index (χ1v) is 6.12. The van der Waals surface area contributed by atoms with E-state index in [9.17, 15) is 5.11 Å². The van der Waals surface area contributed by atoms with Crippen LogP contribution in [0.4, 0.5) is 0 Å². The molecular formula is C14H22O2. The predicted octanol–water partition coefficient (Wildman–Crippen LogP) is 3.40. The van der Waals surface area contributed by atoms with Gasteiger partial charge in [0.2, 0.25) is 0 Å². The van der Waals surface area contributed by atoms with E-state index in [1.54, 1.807) is 12.5 Å². The minimum atomic E-state index is -0.551. The van der Waals surface area contributed by atoms with E-state index < -0.39 is 5.60 Å². The van der Waals surface area contributed by atoms with Crippen LogP contribution in [-0.4, -0.2) is 10.7 Å². The summed E-state index contributed by atoms with van der Waals surface area (Å²) in [5.74, 6) is 0.598. The van der Waals surface area contributed by atoms with Gasteiger partial charge in [-0.2, -0.15) is 0 Å². The Morgan fingerprint density at radius 2 is 2.19 bits per heavy atom. The number of hydrogen-bond donors (Lipinski definition) is 1. The second-order valence-corrected chi connectivity index (χ2v) is 6.39. The van der Waals surface area contributed by atoms with Crippen LogP contribution in [0.1, 0.15) is 45.6 Å². The Hall–Kier alpha value is -0.760. The van der Waals surface area contributed by atoms with Crippen molar-refractivity contribution < 1.29 is 9.52 Å². The van der Waals surface area contributed by atoms with Gasteiger partial charge >= 0.3 is 0 Å². The molecule has 0 saturated heterocycles. The zero-order chi connectivity index (χ0) is 11.8. The predicted molar refractivity (Wildman–Crippen MR) is 64.2 cm³/mol. The topological polar surface area (TPSA) is 33.4 Å². The molecule has 0 aliphatic heterocycles. The molecule has 2 unspecified atom stereocenters. The van der Waals surface area contributed by atoms with E-state index in [4.69, 9.17) is 4.42 Å². The third-order valence-corrected chi connectivity index (χ3v) is 3.55. The average Bonchev–Trinajstić information content (AvgIpc) is 2.49. The van der Waals surface area contributed by atoms with Crippen molar-refractivity contribution in [3.8, 4) is 0 Å². The summed E-state index contributed by atoms with van der Waals surface area (Å²) in [6.45, 7) is 6.74. The van der Waals surface area contributed by atoms with Crippen molar-refractivity contribution in [2.75, 3.05) is 0 Å². The minimum Gasteiger partial charge on any atom is -0.472 e. The molecule has 1 N–H and O–H groups in total. The summed E-state index contributed by atoms with van der Waals surface area (Å²) >= 11 is 0. The van der Waals surface area contributed by atoms with Gasteiger partial charge in [-0.3, -0.25) is 0 Å². The number of hydrogen-bond acceptors (Lipinski definition) is 2. The van der Waals surface area contributed by atoms with Crippen LogP contribution < -0.4 is 0 Å². The van der Waals surface area contributed by atoms with Crippen molar-refractivity contribution >= 4 is 0 Å². The first kappa shape index (κ1) is 11.7. The molecule has 1 heterocycles. The molecule has 1 saturated carbocycles. The van der Waals surface area contributed by atoms with E-state index in [0.717, 1.165) is 24.8 Å². The largest absolute Gasteiger partial charge is 0.472 e. The fourth-order valence-electron chi connectivity index (χ4n) is 3.61. The molecule has 0 aromatic carbocycles. The van der Waals surface area contributed by atoms with Gasteiger partial charge in [0.25, 0.3) is 0 Å². The van der Waals surface area contributed by atoms with Crippen molar-refractivity contribution in [2.24, 2.45) is 11.3 Å². The Kier molecular flexibility index (Phi) is 2.87. The SMILES string of the molecule is CC1CC(C)(C)CC(O)(Cc2ccoc2)C1. The van der Waals surface area contributed by atoms with E-state index in [1.165, 1.54) is 6.42 Å². The molecule has 0 amide bonds. The van der Waals surface area contributed by atoms with Gasteiger partial charge in [-0.05, 0) is 42.2 Å². The molecule has 2 nitrogen and oxygen atoms in total. The highest BCUT2D eigenvalue weighted by Gasteiger charge is 2.41. The van der Waals surface area contributed by atoms with Gasteiger partial charge < -0.3 is 9.52 Å². The highest BCUT2D eigenvalue weighted by atomic mass is 16.3. The van der Waals surface area contributed by atoms with Crippen molar-refractivity contribution in [3.05, 3.63) is 24.2 Å². The van der Waals surface area contributed by atoms with E-state index in [1.807, 2.05) is 6.07 Å². The van der Waals surface area contributed by atoms with Crippen LogP contribution in [0, 0.1) is 11.3 Å². The Morgan fingerprint density at radius 3 is 2.75 bits per heavy atom. The summed E-state index contributed by atoms with van der Waals surface area (Å²) in [6, 6.07) is 1.95. The summed E-state index contributed by atoms with van der Waals surface area (Å²) in [7, 11) is 0. The molecule has 1 aliphatic carbocycles. The van der Waals surface area contributed by atoms with Crippen molar-refractivity contribution in [1.82, 2.24) is 0 Å². The van der Waals surface area contributed by atoms with Crippen LogP contribution in [0.3, 0.4) is 0 Å². The van der Waals surface area contributed by atoms with Crippen LogP contribution in [0.15, 0.2) is 23.0 Å². The maximum atomic E-state index is 10.7. The van der Waals surface area contributed by atoms with Gasteiger partial charge in [-0.25, -0.2) is 0 Å². The maximum Gasteiger partial charge on any atom is 0.0935 e. The summed E-state index contributed by atoms with van der Waals surface area (Å²) < 4.78 is 5.07. The molecule has 2 rings (SSSR count). The average molecular weight is 222 g/mol. The quantitative estimate of drug-likeness (QED) is 0.832. The second kappa shape index (κ2) is 3.92. The van der Waals surface area contributed by atoms with E-state index in [2.05, 4.69) is 20.8 Å². The zero-order valence-corrected chi connectivity index (χ0v) is 10.5. The molecular weight excluding hydrogens is 200 g/mol. The fraction of sp³-hybridized carbons (Fsp3) is 0.714. The van der Waals surface area contributed by atoms with Gasteiger partial charge in [0, 0.05) is 6.42 Å². The lowest BCUT2D eigenvalue weighted by atomic mass is 9.64. The lowest BCUT2D eigenvalue weighted by Crippen LogP contribution is -2.43. The van der Waals surface area contributed by atoms with Gasteiger partial charge in [0.05, 0.1) is 18.1 Å². The maximum absolute atomic E-state index is 10.7. The smallest absolute Gasteiger partial charge is 0.0935 e. The normalized spacial score (nSPS) is 33.9. The first-order valence-electron chi connectivity index (χ1n) is 6.12. The molecule has 1 fully saturated rings.